The predicted molar refractivity (Wildman–Crippen MR) is 140 cm³/mol. The summed E-state index contributed by atoms with van der Waals surface area (Å²) in [5.74, 6) is -0.444. The zero-order valence-electron chi connectivity index (χ0n) is 20.7. The largest absolute Gasteiger partial charge is 0.357 e. The molecule has 0 spiro atoms. The first kappa shape index (κ1) is 27.1. The molecule has 3 aromatic carbocycles. The van der Waals surface area contributed by atoms with Crippen LogP contribution in [0.5, 0.6) is 0 Å². The Morgan fingerprint density at radius 2 is 1.36 bits per heavy atom. The molecular formula is C28H33N3O4S. The zero-order chi connectivity index (χ0) is 26.0. The van der Waals surface area contributed by atoms with Gasteiger partial charge in [-0.3, -0.25) is 9.59 Å². The number of hydrogen-bond donors (Lipinski definition) is 1. The fourth-order valence-corrected chi connectivity index (χ4v) is 5.22. The lowest BCUT2D eigenvalue weighted by Crippen LogP contribution is -2.49. The third-order valence-electron chi connectivity index (χ3n) is 6.03. The summed E-state index contributed by atoms with van der Waals surface area (Å²) in [5.41, 5.74) is 1.86. The lowest BCUT2D eigenvalue weighted by molar-refractivity contribution is -0.141. The summed E-state index contributed by atoms with van der Waals surface area (Å²) in [6.07, 6.45) is 0.823. The van der Waals surface area contributed by atoms with Crippen molar-refractivity contribution in [3.63, 3.8) is 0 Å². The first-order valence-corrected chi connectivity index (χ1v) is 13.4. The maximum absolute atomic E-state index is 13.5. The molecule has 0 saturated carbocycles. The highest BCUT2D eigenvalue weighted by atomic mass is 32.2. The van der Waals surface area contributed by atoms with Crippen LogP contribution >= 0.6 is 0 Å². The van der Waals surface area contributed by atoms with E-state index >= 15 is 0 Å². The monoisotopic (exact) mass is 507 g/mol. The second kappa shape index (κ2) is 13.0. The predicted octanol–water partition coefficient (Wildman–Crippen LogP) is 3.47. The second-order valence-corrected chi connectivity index (χ2v) is 10.6. The highest BCUT2D eigenvalue weighted by Gasteiger charge is 2.30. The molecule has 36 heavy (non-hydrogen) atoms. The van der Waals surface area contributed by atoms with Gasteiger partial charge in [0.1, 0.15) is 6.04 Å². The smallest absolute Gasteiger partial charge is 0.242 e. The number of sulfonamides is 1. The van der Waals surface area contributed by atoms with Gasteiger partial charge in [-0.2, -0.15) is 0 Å². The molecule has 1 N–H and O–H groups in total. The molecule has 0 saturated heterocycles. The van der Waals surface area contributed by atoms with Crippen molar-refractivity contribution in [2.75, 3.05) is 20.6 Å². The van der Waals surface area contributed by atoms with E-state index in [1.54, 1.807) is 42.3 Å². The van der Waals surface area contributed by atoms with Gasteiger partial charge in [-0.25, -0.2) is 12.7 Å². The van der Waals surface area contributed by atoms with Gasteiger partial charge < -0.3 is 10.2 Å². The van der Waals surface area contributed by atoms with E-state index in [0.29, 0.717) is 12.8 Å². The summed E-state index contributed by atoms with van der Waals surface area (Å²) < 4.78 is 26.9. The normalized spacial score (nSPS) is 12.2. The highest BCUT2D eigenvalue weighted by molar-refractivity contribution is 7.89. The van der Waals surface area contributed by atoms with Crippen molar-refractivity contribution in [3.05, 3.63) is 102 Å². The van der Waals surface area contributed by atoms with Crippen molar-refractivity contribution in [1.82, 2.24) is 14.5 Å². The maximum Gasteiger partial charge on any atom is 0.242 e. The molecule has 3 rings (SSSR count). The molecule has 190 valence electrons. The van der Waals surface area contributed by atoms with Crippen LogP contribution in [0.1, 0.15) is 24.0 Å². The van der Waals surface area contributed by atoms with Gasteiger partial charge in [0.2, 0.25) is 21.8 Å². The summed E-state index contributed by atoms with van der Waals surface area (Å²) >= 11 is 0. The van der Waals surface area contributed by atoms with E-state index in [1.807, 2.05) is 60.7 Å². The fraction of sp³-hybridized carbons (Fsp3) is 0.286. The highest BCUT2D eigenvalue weighted by Crippen LogP contribution is 2.18. The SMILES string of the molecule is CNC(=O)C(Cc1ccccc1)N(Cc1ccccc1)C(=O)CCCN(C)S(=O)(=O)c1ccccc1. The van der Waals surface area contributed by atoms with Crippen molar-refractivity contribution in [1.29, 1.82) is 0 Å². The molecule has 2 amide bonds. The Bertz CT molecular complexity index is 1220. The first-order chi connectivity index (χ1) is 17.3. The number of benzene rings is 3. The summed E-state index contributed by atoms with van der Waals surface area (Å²) in [7, 11) is -0.560. The number of hydrogen-bond acceptors (Lipinski definition) is 4. The number of likely N-dealkylation sites (N-methyl/N-ethyl adjacent to an activating group) is 1. The van der Waals surface area contributed by atoms with Crippen LogP contribution in [0.25, 0.3) is 0 Å². The van der Waals surface area contributed by atoms with E-state index in [0.717, 1.165) is 11.1 Å². The molecule has 0 heterocycles. The molecular weight excluding hydrogens is 474 g/mol. The van der Waals surface area contributed by atoms with Crippen LogP contribution in [-0.2, 0) is 32.6 Å². The standard InChI is InChI=1S/C28H33N3O4S/c1-29-28(33)26(21-23-13-6-3-7-14-23)31(22-24-15-8-4-9-16-24)27(32)19-12-20-30(2)36(34,35)25-17-10-5-11-18-25/h3-11,13-18,26H,12,19-22H2,1-2H3,(H,29,33). The summed E-state index contributed by atoms with van der Waals surface area (Å²) in [4.78, 5) is 28.2. The van der Waals surface area contributed by atoms with Gasteiger partial charge in [0.15, 0.2) is 0 Å². The minimum atomic E-state index is -3.64. The fourth-order valence-electron chi connectivity index (χ4n) is 3.99. The molecule has 0 aliphatic carbocycles. The molecule has 7 nitrogen and oxygen atoms in total. The Hall–Kier alpha value is -3.49. The van der Waals surface area contributed by atoms with Crippen molar-refractivity contribution < 1.29 is 18.0 Å². The quantitative estimate of drug-likeness (QED) is 0.407. The van der Waals surface area contributed by atoms with Gasteiger partial charge in [-0.15, -0.1) is 0 Å². The molecule has 0 aliphatic rings. The summed E-state index contributed by atoms with van der Waals surface area (Å²) in [5, 5.41) is 2.70. The van der Waals surface area contributed by atoms with Crippen molar-refractivity contribution in [3.8, 4) is 0 Å². The molecule has 1 unspecified atom stereocenters. The Morgan fingerprint density at radius 1 is 0.833 bits per heavy atom. The minimum Gasteiger partial charge on any atom is -0.357 e. The van der Waals surface area contributed by atoms with Gasteiger partial charge in [0, 0.05) is 40.0 Å². The first-order valence-electron chi connectivity index (χ1n) is 11.9. The second-order valence-electron chi connectivity index (χ2n) is 8.57. The lowest BCUT2D eigenvalue weighted by Gasteiger charge is -2.31. The van der Waals surface area contributed by atoms with Gasteiger partial charge >= 0.3 is 0 Å². The van der Waals surface area contributed by atoms with E-state index in [1.165, 1.54) is 11.4 Å². The summed E-state index contributed by atoms with van der Waals surface area (Å²) in [6.45, 7) is 0.466. The Labute approximate surface area is 213 Å². The van der Waals surface area contributed by atoms with Crippen LogP contribution in [0, 0.1) is 0 Å². The lowest BCUT2D eigenvalue weighted by atomic mass is 10.0. The number of carbonyl (C=O) groups is 2. The molecule has 3 aromatic rings. The number of nitrogens with zero attached hydrogens (tertiary/aromatic N) is 2. The summed E-state index contributed by atoms with van der Waals surface area (Å²) in [6, 6.07) is 26.6. The third kappa shape index (κ3) is 7.26. The van der Waals surface area contributed by atoms with Crippen LogP contribution in [-0.4, -0.2) is 56.1 Å². The minimum absolute atomic E-state index is 0.115. The van der Waals surface area contributed by atoms with Crippen LogP contribution < -0.4 is 5.32 Å². The molecule has 0 radical (unpaired) electrons. The average Bonchev–Trinajstić information content (AvgIpc) is 2.91. The molecule has 0 aromatic heterocycles. The van der Waals surface area contributed by atoms with E-state index < -0.39 is 16.1 Å². The molecule has 0 fully saturated rings. The molecule has 1 atom stereocenters. The molecule has 0 bridgehead atoms. The third-order valence-corrected chi connectivity index (χ3v) is 7.90. The molecule has 8 heteroatoms. The average molecular weight is 508 g/mol. The van der Waals surface area contributed by atoms with Crippen molar-refractivity contribution in [2.45, 2.75) is 36.7 Å². The van der Waals surface area contributed by atoms with E-state index in [2.05, 4.69) is 5.32 Å². The maximum atomic E-state index is 13.5. The van der Waals surface area contributed by atoms with Gasteiger partial charge in [-0.05, 0) is 29.7 Å². The van der Waals surface area contributed by atoms with E-state index in [9.17, 15) is 18.0 Å². The van der Waals surface area contributed by atoms with Gasteiger partial charge in [0.05, 0.1) is 4.90 Å². The van der Waals surface area contributed by atoms with Gasteiger partial charge in [0.25, 0.3) is 0 Å². The van der Waals surface area contributed by atoms with Gasteiger partial charge in [-0.1, -0.05) is 78.9 Å². The van der Waals surface area contributed by atoms with Crippen LogP contribution in [0.2, 0.25) is 0 Å². The number of rotatable bonds is 12. The Kier molecular flexibility index (Phi) is 9.78. The number of amides is 2. The number of nitrogens with one attached hydrogen (secondary N) is 1. The molecule has 0 aliphatic heterocycles. The van der Waals surface area contributed by atoms with E-state index in [-0.39, 0.29) is 36.2 Å². The topological polar surface area (TPSA) is 86.8 Å². The van der Waals surface area contributed by atoms with Crippen LogP contribution in [0.15, 0.2) is 95.9 Å². The van der Waals surface area contributed by atoms with Crippen LogP contribution in [0.3, 0.4) is 0 Å². The Morgan fingerprint density at radius 3 is 1.92 bits per heavy atom. The van der Waals surface area contributed by atoms with Crippen molar-refractivity contribution in [2.24, 2.45) is 0 Å². The number of carbonyl (C=O) groups excluding carboxylic acids is 2. The zero-order valence-corrected chi connectivity index (χ0v) is 21.5. The Balaban J connectivity index is 1.75. The van der Waals surface area contributed by atoms with E-state index in [4.69, 9.17) is 0 Å². The van der Waals surface area contributed by atoms with Crippen molar-refractivity contribution >= 4 is 21.8 Å². The van der Waals surface area contributed by atoms with Crippen LogP contribution in [0.4, 0.5) is 0 Å².